The molecular weight excluding hydrogens is 370 g/mol. The lowest BCUT2D eigenvalue weighted by Crippen LogP contribution is -2.14. The number of nitriles is 1. The van der Waals surface area contributed by atoms with Crippen molar-refractivity contribution in [2.75, 3.05) is 10.6 Å². The molecular formula is C17H14F2N8O. The molecule has 1 amide bonds. The first-order chi connectivity index (χ1) is 13.3. The maximum atomic E-state index is 13.5. The van der Waals surface area contributed by atoms with E-state index in [0.717, 1.165) is 0 Å². The van der Waals surface area contributed by atoms with Crippen LogP contribution >= 0.6 is 0 Å². The highest BCUT2D eigenvalue weighted by Crippen LogP contribution is 2.28. The van der Waals surface area contributed by atoms with E-state index in [1.54, 1.807) is 0 Å². The standard InChI is InChI=1S/C17H14F2N8O/c1-10(28)24-15-5-12(13(8-22-15)27-9-11(6-20)7-23-27)25-14-3-4-21-16(26-14)17(2,18)19/h3-5,7-9H,1-2H3,(H2,21,22,24,25,26,28). The summed E-state index contributed by atoms with van der Waals surface area (Å²) in [5.41, 5.74) is 1.11. The molecule has 0 saturated carbocycles. The van der Waals surface area contributed by atoms with Crippen LogP contribution in [-0.2, 0) is 10.7 Å². The lowest BCUT2D eigenvalue weighted by molar-refractivity contribution is -0.114. The third-order valence-electron chi connectivity index (χ3n) is 3.46. The molecule has 3 aromatic rings. The summed E-state index contributed by atoms with van der Waals surface area (Å²) in [7, 11) is 0. The number of rotatable bonds is 5. The van der Waals surface area contributed by atoms with Gasteiger partial charge in [-0.15, -0.1) is 0 Å². The fourth-order valence-electron chi connectivity index (χ4n) is 2.27. The van der Waals surface area contributed by atoms with Crippen molar-refractivity contribution in [3.8, 4) is 11.8 Å². The molecule has 3 heterocycles. The van der Waals surface area contributed by atoms with Crippen LogP contribution in [0.15, 0.2) is 36.9 Å². The molecule has 11 heteroatoms. The summed E-state index contributed by atoms with van der Waals surface area (Å²) < 4.78 is 28.4. The Balaban J connectivity index is 2.04. The molecule has 0 aromatic carbocycles. The van der Waals surface area contributed by atoms with Gasteiger partial charge >= 0.3 is 5.92 Å². The highest BCUT2D eigenvalue weighted by Gasteiger charge is 2.28. The molecule has 3 rings (SSSR count). The number of hydrogen-bond acceptors (Lipinski definition) is 7. The van der Waals surface area contributed by atoms with Gasteiger partial charge in [-0.3, -0.25) is 4.79 Å². The van der Waals surface area contributed by atoms with Crippen molar-refractivity contribution in [1.82, 2.24) is 24.7 Å². The van der Waals surface area contributed by atoms with Crippen LogP contribution in [0.3, 0.4) is 0 Å². The Bertz CT molecular complexity index is 1070. The fourth-order valence-corrected chi connectivity index (χ4v) is 2.27. The van der Waals surface area contributed by atoms with E-state index < -0.39 is 11.7 Å². The Hall–Kier alpha value is -3.94. The summed E-state index contributed by atoms with van der Waals surface area (Å²) in [5, 5.41) is 18.5. The second kappa shape index (κ2) is 7.36. The number of aromatic nitrogens is 5. The van der Waals surface area contributed by atoms with Crippen LogP contribution in [0.5, 0.6) is 0 Å². The summed E-state index contributed by atoms with van der Waals surface area (Å²) >= 11 is 0. The maximum absolute atomic E-state index is 13.5. The van der Waals surface area contributed by atoms with Gasteiger partial charge in [-0.1, -0.05) is 0 Å². The van der Waals surface area contributed by atoms with Crippen molar-refractivity contribution in [3.05, 3.63) is 48.3 Å². The summed E-state index contributed by atoms with van der Waals surface area (Å²) in [6.07, 6.45) is 5.47. The van der Waals surface area contributed by atoms with Gasteiger partial charge in [-0.05, 0) is 6.07 Å². The minimum atomic E-state index is -3.20. The van der Waals surface area contributed by atoms with Crippen LogP contribution in [-0.4, -0.2) is 30.6 Å². The van der Waals surface area contributed by atoms with E-state index in [9.17, 15) is 13.6 Å². The van der Waals surface area contributed by atoms with Crippen LogP contribution in [0.1, 0.15) is 25.2 Å². The SMILES string of the molecule is CC(=O)Nc1cc(Nc2ccnc(C(C)(F)F)n2)c(-n2cc(C#N)cn2)cn1. The van der Waals surface area contributed by atoms with E-state index in [4.69, 9.17) is 5.26 Å². The molecule has 0 aliphatic rings. The first-order valence-corrected chi connectivity index (χ1v) is 7.97. The number of carbonyl (C=O) groups excluding carboxylic acids is 1. The summed E-state index contributed by atoms with van der Waals surface area (Å²) in [6, 6.07) is 4.88. The van der Waals surface area contributed by atoms with Crippen LogP contribution in [0.2, 0.25) is 0 Å². The number of nitrogens with zero attached hydrogens (tertiary/aromatic N) is 6. The lowest BCUT2D eigenvalue weighted by atomic mass is 10.3. The Kier molecular flexibility index (Phi) is 4.95. The van der Waals surface area contributed by atoms with E-state index in [-0.39, 0.29) is 17.5 Å². The van der Waals surface area contributed by atoms with Crippen molar-refractivity contribution in [2.24, 2.45) is 0 Å². The molecule has 0 aliphatic carbocycles. The van der Waals surface area contributed by atoms with Crippen LogP contribution in [0.25, 0.3) is 5.69 Å². The maximum Gasteiger partial charge on any atom is 0.303 e. The number of halogens is 2. The largest absolute Gasteiger partial charge is 0.338 e. The first-order valence-electron chi connectivity index (χ1n) is 7.97. The molecule has 0 aliphatic heterocycles. The van der Waals surface area contributed by atoms with Crippen molar-refractivity contribution in [1.29, 1.82) is 5.26 Å². The normalized spacial score (nSPS) is 11.0. The number of hydrogen-bond donors (Lipinski definition) is 2. The Labute approximate surface area is 158 Å². The zero-order valence-electron chi connectivity index (χ0n) is 14.8. The van der Waals surface area contributed by atoms with Gasteiger partial charge in [0.05, 0.1) is 23.6 Å². The molecule has 9 nitrogen and oxygen atoms in total. The number of nitrogens with one attached hydrogen (secondary N) is 2. The van der Waals surface area contributed by atoms with Crippen molar-refractivity contribution < 1.29 is 13.6 Å². The Morgan fingerprint density at radius 1 is 1.29 bits per heavy atom. The average Bonchev–Trinajstić information content (AvgIpc) is 3.10. The number of amides is 1. The average molecular weight is 384 g/mol. The lowest BCUT2D eigenvalue weighted by Gasteiger charge is -2.14. The van der Waals surface area contributed by atoms with E-state index in [1.165, 1.54) is 48.5 Å². The zero-order chi connectivity index (χ0) is 20.3. The van der Waals surface area contributed by atoms with Gasteiger partial charge in [0.15, 0.2) is 0 Å². The molecule has 3 aromatic heterocycles. The van der Waals surface area contributed by atoms with Gasteiger partial charge in [0.1, 0.15) is 23.4 Å². The third-order valence-corrected chi connectivity index (χ3v) is 3.46. The van der Waals surface area contributed by atoms with E-state index in [1.807, 2.05) is 6.07 Å². The third kappa shape index (κ3) is 4.24. The number of carbonyl (C=O) groups is 1. The second-order valence-electron chi connectivity index (χ2n) is 5.83. The quantitative estimate of drug-likeness (QED) is 0.693. The first kappa shape index (κ1) is 18.8. The molecule has 0 unspecified atom stereocenters. The topological polar surface area (TPSA) is 121 Å². The Morgan fingerprint density at radius 2 is 2.07 bits per heavy atom. The molecule has 0 saturated heterocycles. The molecule has 0 radical (unpaired) electrons. The minimum absolute atomic E-state index is 0.111. The highest BCUT2D eigenvalue weighted by atomic mass is 19.3. The smallest absolute Gasteiger partial charge is 0.303 e. The van der Waals surface area contributed by atoms with E-state index >= 15 is 0 Å². The second-order valence-corrected chi connectivity index (χ2v) is 5.83. The summed E-state index contributed by atoms with van der Waals surface area (Å²) in [4.78, 5) is 22.8. The number of pyridine rings is 1. The predicted molar refractivity (Wildman–Crippen MR) is 95.3 cm³/mol. The zero-order valence-corrected chi connectivity index (χ0v) is 14.8. The highest BCUT2D eigenvalue weighted by molar-refractivity contribution is 5.88. The van der Waals surface area contributed by atoms with E-state index in [0.29, 0.717) is 23.9 Å². The van der Waals surface area contributed by atoms with Crippen molar-refractivity contribution >= 4 is 23.2 Å². The minimum Gasteiger partial charge on any atom is -0.338 e. The van der Waals surface area contributed by atoms with Gasteiger partial charge in [0, 0.05) is 32.3 Å². The predicted octanol–water partition coefficient (Wildman–Crippen LogP) is 2.74. The van der Waals surface area contributed by atoms with E-state index in [2.05, 4.69) is 30.7 Å². The molecule has 0 bridgehead atoms. The molecule has 0 fully saturated rings. The monoisotopic (exact) mass is 384 g/mol. The van der Waals surface area contributed by atoms with Gasteiger partial charge < -0.3 is 10.6 Å². The van der Waals surface area contributed by atoms with Gasteiger partial charge in [-0.2, -0.15) is 19.1 Å². The van der Waals surface area contributed by atoms with Crippen LogP contribution in [0, 0.1) is 11.3 Å². The Morgan fingerprint density at radius 3 is 2.71 bits per heavy atom. The van der Waals surface area contributed by atoms with Crippen LogP contribution < -0.4 is 10.6 Å². The molecule has 142 valence electrons. The number of anilines is 3. The van der Waals surface area contributed by atoms with Gasteiger partial charge in [-0.25, -0.2) is 19.6 Å². The van der Waals surface area contributed by atoms with Gasteiger partial charge in [0.2, 0.25) is 11.7 Å². The molecule has 2 N–H and O–H groups in total. The summed E-state index contributed by atoms with van der Waals surface area (Å²) in [5.74, 6) is -3.82. The molecule has 28 heavy (non-hydrogen) atoms. The fraction of sp³-hybridized carbons (Fsp3) is 0.176. The molecule has 0 spiro atoms. The number of alkyl halides is 2. The van der Waals surface area contributed by atoms with Crippen molar-refractivity contribution in [2.45, 2.75) is 19.8 Å². The molecule has 0 atom stereocenters. The van der Waals surface area contributed by atoms with Crippen molar-refractivity contribution in [3.63, 3.8) is 0 Å². The van der Waals surface area contributed by atoms with Gasteiger partial charge in [0.25, 0.3) is 0 Å². The summed E-state index contributed by atoms with van der Waals surface area (Å²) in [6.45, 7) is 2.03. The van der Waals surface area contributed by atoms with Crippen LogP contribution in [0.4, 0.5) is 26.1 Å².